The molecule has 4 nitrogen and oxygen atoms in total. The second-order valence-corrected chi connectivity index (χ2v) is 2.76. The number of phenols is 1. The van der Waals surface area contributed by atoms with Crippen molar-refractivity contribution in [3.05, 3.63) is 24.3 Å². The van der Waals surface area contributed by atoms with Gasteiger partial charge in [0.1, 0.15) is 11.4 Å². The van der Waals surface area contributed by atoms with Crippen LogP contribution in [-0.4, -0.2) is 17.6 Å². The minimum absolute atomic E-state index is 0.0535. The molecule has 1 amide bonds. The number of hydrogen-bond donors (Lipinski definition) is 1. The smallest absolute Gasteiger partial charge is 0.253 e. The van der Waals surface area contributed by atoms with Crippen molar-refractivity contribution in [1.29, 1.82) is 0 Å². The van der Waals surface area contributed by atoms with Gasteiger partial charge < -0.3 is 5.11 Å². The van der Waals surface area contributed by atoms with Gasteiger partial charge in [-0.2, -0.15) is 5.06 Å². The van der Waals surface area contributed by atoms with Gasteiger partial charge in [-0.3, -0.25) is 9.63 Å². The molecule has 0 unspecified atom stereocenters. The predicted molar refractivity (Wildman–Crippen MR) is 46.2 cm³/mol. The van der Waals surface area contributed by atoms with Crippen molar-refractivity contribution < 1.29 is 14.7 Å². The van der Waals surface area contributed by atoms with E-state index < -0.39 is 0 Å². The fourth-order valence-corrected chi connectivity index (χ4v) is 1.24. The Morgan fingerprint density at radius 3 is 2.77 bits per heavy atom. The van der Waals surface area contributed by atoms with E-state index in [9.17, 15) is 9.90 Å². The van der Waals surface area contributed by atoms with E-state index in [1.807, 2.05) is 0 Å². The van der Waals surface area contributed by atoms with Crippen LogP contribution in [0.1, 0.15) is 6.42 Å². The number of phenolic OH excluding ortho intramolecular Hbond substituents is 1. The number of amides is 1. The number of hydrogen-bond acceptors (Lipinski definition) is 3. The Bertz CT molecular complexity index is 337. The van der Waals surface area contributed by atoms with Gasteiger partial charge in [0.05, 0.1) is 13.0 Å². The van der Waals surface area contributed by atoms with Gasteiger partial charge in [0.2, 0.25) is 0 Å². The van der Waals surface area contributed by atoms with E-state index in [0.717, 1.165) is 5.06 Å². The van der Waals surface area contributed by atoms with Crippen molar-refractivity contribution in [3.63, 3.8) is 0 Å². The van der Waals surface area contributed by atoms with E-state index in [-0.39, 0.29) is 11.7 Å². The molecular formula is C9H9NO3. The summed E-state index contributed by atoms with van der Waals surface area (Å²) in [5.41, 5.74) is 0.407. The number of carbonyl (C=O) groups excluding carboxylic acids is 1. The molecule has 0 saturated carbocycles. The number of nitrogens with zero attached hydrogens (tertiary/aromatic N) is 1. The summed E-state index contributed by atoms with van der Waals surface area (Å²) in [7, 11) is 0. The monoisotopic (exact) mass is 179 g/mol. The fraction of sp³-hybridized carbons (Fsp3) is 0.222. The van der Waals surface area contributed by atoms with Gasteiger partial charge in [0.25, 0.3) is 5.91 Å². The highest BCUT2D eigenvalue weighted by Crippen LogP contribution is 2.29. The van der Waals surface area contributed by atoms with Gasteiger partial charge in [-0.25, -0.2) is 0 Å². The van der Waals surface area contributed by atoms with Gasteiger partial charge in [-0.05, 0) is 12.1 Å². The number of anilines is 1. The lowest BCUT2D eigenvalue weighted by Crippen LogP contribution is -2.22. The first-order chi connectivity index (χ1) is 6.29. The largest absolute Gasteiger partial charge is 0.506 e. The van der Waals surface area contributed by atoms with Crippen LogP contribution in [0.5, 0.6) is 5.75 Å². The van der Waals surface area contributed by atoms with Crippen molar-refractivity contribution >= 4 is 11.6 Å². The highest BCUT2D eigenvalue weighted by Gasteiger charge is 2.25. The molecule has 4 heteroatoms. The Morgan fingerprint density at radius 2 is 2.15 bits per heavy atom. The third kappa shape index (κ3) is 1.36. The van der Waals surface area contributed by atoms with Crippen molar-refractivity contribution in [3.8, 4) is 5.75 Å². The van der Waals surface area contributed by atoms with Crippen LogP contribution in [0.25, 0.3) is 0 Å². The zero-order valence-electron chi connectivity index (χ0n) is 6.93. The standard InChI is InChI=1S/C9H9NO3/c11-8-4-2-1-3-7(8)10-9(12)5-6-13-10/h1-4,11H,5-6H2. The maximum atomic E-state index is 11.2. The lowest BCUT2D eigenvalue weighted by Gasteiger charge is -2.14. The number of benzene rings is 1. The summed E-state index contributed by atoms with van der Waals surface area (Å²) in [4.78, 5) is 16.3. The SMILES string of the molecule is O=C1CCON1c1ccccc1O. The Kier molecular flexibility index (Phi) is 1.90. The quantitative estimate of drug-likeness (QED) is 0.701. The topological polar surface area (TPSA) is 49.8 Å². The van der Waals surface area contributed by atoms with Gasteiger partial charge in [0, 0.05) is 0 Å². The van der Waals surface area contributed by atoms with Crippen LogP contribution >= 0.6 is 0 Å². The molecule has 1 aliphatic heterocycles. The molecule has 0 bridgehead atoms. The van der Waals surface area contributed by atoms with Crippen molar-refractivity contribution in [2.75, 3.05) is 11.7 Å². The molecule has 1 fully saturated rings. The molecule has 0 spiro atoms. The summed E-state index contributed by atoms with van der Waals surface area (Å²) < 4.78 is 0. The molecule has 68 valence electrons. The van der Waals surface area contributed by atoms with E-state index in [1.54, 1.807) is 18.2 Å². The number of hydroxylamine groups is 1. The second kappa shape index (κ2) is 3.06. The second-order valence-electron chi connectivity index (χ2n) is 2.76. The van der Waals surface area contributed by atoms with Gasteiger partial charge >= 0.3 is 0 Å². The molecule has 1 aromatic rings. The molecule has 0 aliphatic carbocycles. The van der Waals surface area contributed by atoms with Crippen LogP contribution in [-0.2, 0) is 9.63 Å². The average Bonchev–Trinajstić information content (AvgIpc) is 2.52. The molecular weight excluding hydrogens is 170 g/mol. The summed E-state index contributed by atoms with van der Waals surface area (Å²) in [6.07, 6.45) is 0.369. The summed E-state index contributed by atoms with van der Waals surface area (Å²) >= 11 is 0. The minimum Gasteiger partial charge on any atom is -0.506 e. The zero-order valence-corrected chi connectivity index (χ0v) is 6.93. The van der Waals surface area contributed by atoms with Crippen LogP contribution in [0.15, 0.2) is 24.3 Å². The molecule has 1 N–H and O–H groups in total. The maximum absolute atomic E-state index is 11.2. The Morgan fingerprint density at radius 1 is 1.38 bits per heavy atom. The molecule has 2 rings (SSSR count). The molecule has 1 aromatic carbocycles. The summed E-state index contributed by atoms with van der Waals surface area (Å²) in [5, 5.41) is 10.5. The van der Waals surface area contributed by atoms with Crippen molar-refractivity contribution in [2.45, 2.75) is 6.42 Å². The molecule has 13 heavy (non-hydrogen) atoms. The summed E-state index contributed by atoms with van der Waals surface area (Å²) in [6.45, 7) is 0.382. The van der Waals surface area contributed by atoms with Crippen LogP contribution in [0.2, 0.25) is 0 Å². The zero-order chi connectivity index (χ0) is 9.26. The normalized spacial score (nSPS) is 16.6. The Balaban J connectivity index is 2.34. The molecule has 1 heterocycles. The first-order valence-electron chi connectivity index (χ1n) is 4.03. The van der Waals surface area contributed by atoms with Crippen LogP contribution < -0.4 is 5.06 Å². The summed E-state index contributed by atoms with van der Waals surface area (Å²) in [5.74, 6) is -0.0701. The molecule has 1 aliphatic rings. The average molecular weight is 179 g/mol. The van der Waals surface area contributed by atoms with E-state index in [2.05, 4.69) is 0 Å². The van der Waals surface area contributed by atoms with Crippen LogP contribution in [0.3, 0.4) is 0 Å². The van der Waals surface area contributed by atoms with Crippen LogP contribution in [0.4, 0.5) is 5.69 Å². The molecule has 0 atom stereocenters. The van der Waals surface area contributed by atoms with Gasteiger partial charge in [-0.1, -0.05) is 12.1 Å². The Labute approximate surface area is 75.3 Å². The van der Waals surface area contributed by atoms with Gasteiger partial charge in [-0.15, -0.1) is 0 Å². The number of aromatic hydroxyl groups is 1. The van der Waals surface area contributed by atoms with E-state index in [4.69, 9.17) is 4.84 Å². The highest BCUT2D eigenvalue weighted by molar-refractivity contribution is 5.94. The van der Waals surface area contributed by atoms with Gasteiger partial charge in [0.15, 0.2) is 0 Å². The number of para-hydroxylation sites is 2. The number of carbonyl (C=O) groups is 1. The molecule has 1 saturated heterocycles. The predicted octanol–water partition coefficient (Wildman–Crippen LogP) is 1.06. The summed E-state index contributed by atoms with van der Waals surface area (Å²) in [6, 6.07) is 6.59. The van der Waals surface area contributed by atoms with E-state index in [1.165, 1.54) is 6.07 Å². The van der Waals surface area contributed by atoms with E-state index in [0.29, 0.717) is 18.7 Å². The first kappa shape index (κ1) is 8.07. The highest BCUT2D eigenvalue weighted by atomic mass is 16.7. The van der Waals surface area contributed by atoms with Crippen molar-refractivity contribution in [1.82, 2.24) is 0 Å². The lowest BCUT2D eigenvalue weighted by atomic mass is 10.3. The third-order valence-corrected chi connectivity index (χ3v) is 1.86. The Hall–Kier alpha value is -1.55. The lowest BCUT2D eigenvalue weighted by molar-refractivity contribution is -0.119. The van der Waals surface area contributed by atoms with E-state index >= 15 is 0 Å². The van der Waals surface area contributed by atoms with Crippen molar-refractivity contribution in [2.24, 2.45) is 0 Å². The minimum atomic E-state index is -0.124. The third-order valence-electron chi connectivity index (χ3n) is 1.86. The van der Waals surface area contributed by atoms with Crippen LogP contribution in [0, 0.1) is 0 Å². The molecule has 0 radical (unpaired) electrons. The first-order valence-corrected chi connectivity index (χ1v) is 4.03. The molecule has 0 aromatic heterocycles. The maximum Gasteiger partial charge on any atom is 0.253 e. The number of rotatable bonds is 1. The fourth-order valence-electron chi connectivity index (χ4n) is 1.24.